The van der Waals surface area contributed by atoms with Crippen LogP contribution in [0.2, 0.25) is 0 Å². The molecule has 4 heteroatoms. The molecule has 2 aliphatic rings. The van der Waals surface area contributed by atoms with E-state index in [1.54, 1.807) is 4.90 Å². The van der Waals surface area contributed by atoms with Crippen molar-refractivity contribution in [1.82, 2.24) is 4.90 Å². The lowest BCUT2D eigenvalue weighted by atomic mass is 10.1. The molecule has 4 nitrogen and oxygen atoms in total. The maximum Gasteiger partial charge on any atom is 0.307 e. The van der Waals surface area contributed by atoms with Crippen molar-refractivity contribution in [2.24, 2.45) is 17.3 Å². The standard InChI is InChI=1S/C12H17NO3/c1-12(2)8(9(12)11(15)16)10(14)13-6-4-3-5-7-13/h3-4,8-9H,5-7H2,1-2H3,(H,15,16). The number of hydrogen-bond donors (Lipinski definition) is 1. The van der Waals surface area contributed by atoms with Gasteiger partial charge in [-0.15, -0.1) is 0 Å². The van der Waals surface area contributed by atoms with Crippen molar-refractivity contribution in [1.29, 1.82) is 0 Å². The zero-order valence-electron chi connectivity index (χ0n) is 9.64. The Kier molecular flexibility index (Phi) is 2.52. The molecule has 0 radical (unpaired) electrons. The van der Waals surface area contributed by atoms with Gasteiger partial charge in [0.25, 0.3) is 0 Å². The molecular weight excluding hydrogens is 206 g/mol. The number of rotatable bonds is 2. The van der Waals surface area contributed by atoms with Gasteiger partial charge in [-0.3, -0.25) is 9.59 Å². The lowest BCUT2D eigenvalue weighted by molar-refractivity contribution is -0.142. The first-order valence-corrected chi connectivity index (χ1v) is 5.63. The monoisotopic (exact) mass is 223 g/mol. The molecule has 0 bridgehead atoms. The molecule has 2 atom stereocenters. The lowest BCUT2D eigenvalue weighted by Crippen LogP contribution is -2.36. The number of hydrogen-bond acceptors (Lipinski definition) is 2. The van der Waals surface area contributed by atoms with Crippen molar-refractivity contribution in [3.05, 3.63) is 12.2 Å². The Balaban J connectivity index is 2.06. The van der Waals surface area contributed by atoms with E-state index < -0.39 is 11.9 Å². The predicted octanol–water partition coefficient (Wildman–Crippen LogP) is 1.13. The van der Waals surface area contributed by atoms with E-state index in [0.717, 1.165) is 6.42 Å². The molecule has 1 aliphatic carbocycles. The molecule has 1 heterocycles. The number of nitrogens with zero attached hydrogens (tertiary/aromatic N) is 1. The molecule has 0 saturated heterocycles. The normalized spacial score (nSPS) is 31.2. The van der Waals surface area contributed by atoms with Gasteiger partial charge < -0.3 is 10.0 Å². The van der Waals surface area contributed by atoms with E-state index >= 15 is 0 Å². The Morgan fingerprint density at radius 1 is 1.31 bits per heavy atom. The second-order valence-electron chi connectivity index (χ2n) is 5.16. The van der Waals surface area contributed by atoms with Crippen LogP contribution < -0.4 is 0 Å². The van der Waals surface area contributed by atoms with Crippen molar-refractivity contribution >= 4 is 11.9 Å². The van der Waals surface area contributed by atoms with Gasteiger partial charge in [0.15, 0.2) is 0 Å². The second-order valence-corrected chi connectivity index (χ2v) is 5.16. The average Bonchev–Trinajstić information content (AvgIpc) is 2.82. The average molecular weight is 223 g/mol. The quantitative estimate of drug-likeness (QED) is 0.714. The van der Waals surface area contributed by atoms with Crippen LogP contribution in [0.3, 0.4) is 0 Å². The highest BCUT2D eigenvalue weighted by Crippen LogP contribution is 2.59. The Morgan fingerprint density at radius 2 is 2.00 bits per heavy atom. The summed E-state index contributed by atoms with van der Waals surface area (Å²) < 4.78 is 0. The predicted molar refractivity (Wildman–Crippen MR) is 58.7 cm³/mol. The van der Waals surface area contributed by atoms with Gasteiger partial charge in [0.05, 0.1) is 11.8 Å². The van der Waals surface area contributed by atoms with Crippen molar-refractivity contribution in [3.63, 3.8) is 0 Å². The topological polar surface area (TPSA) is 57.6 Å². The molecule has 1 fully saturated rings. The van der Waals surface area contributed by atoms with E-state index in [1.807, 2.05) is 19.9 Å². The van der Waals surface area contributed by atoms with Crippen LogP contribution in [-0.2, 0) is 9.59 Å². The minimum Gasteiger partial charge on any atom is -0.481 e. The van der Waals surface area contributed by atoms with Crippen LogP contribution in [-0.4, -0.2) is 35.0 Å². The number of amides is 1. The van der Waals surface area contributed by atoms with Crippen molar-refractivity contribution in [2.75, 3.05) is 13.1 Å². The van der Waals surface area contributed by atoms with Gasteiger partial charge in [0, 0.05) is 13.1 Å². The minimum atomic E-state index is -0.851. The molecule has 1 N–H and O–H groups in total. The van der Waals surface area contributed by atoms with Crippen LogP contribution in [0.1, 0.15) is 20.3 Å². The van der Waals surface area contributed by atoms with Gasteiger partial charge in [0.1, 0.15) is 0 Å². The number of carbonyl (C=O) groups excluding carboxylic acids is 1. The summed E-state index contributed by atoms with van der Waals surface area (Å²) in [6.45, 7) is 5.05. The molecule has 88 valence electrons. The van der Waals surface area contributed by atoms with E-state index in [0.29, 0.717) is 13.1 Å². The third-order valence-corrected chi connectivity index (χ3v) is 3.73. The first-order chi connectivity index (χ1) is 7.46. The van der Waals surface area contributed by atoms with Crippen molar-refractivity contribution < 1.29 is 14.7 Å². The van der Waals surface area contributed by atoms with E-state index in [4.69, 9.17) is 5.11 Å². The fraction of sp³-hybridized carbons (Fsp3) is 0.667. The van der Waals surface area contributed by atoms with Crippen LogP contribution in [0.5, 0.6) is 0 Å². The van der Waals surface area contributed by atoms with Crippen molar-refractivity contribution in [3.8, 4) is 0 Å². The van der Waals surface area contributed by atoms with Crippen LogP contribution in [0.25, 0.3) is 0 Å². The number of carboxylic acid groups (broad SMARTS) is 1. The fourth-order valence-corrected chi connectivity index (χ4v) is 2.60. The zero-order valence-corrected chi connectivity index (χ0v) is 9.64. The fourth-order valence-electron chi connectivity index (χ4n) is 2.60. The number of carbonyl (C=O) groups is 2. The van der Waals surface area contributed by atoms with Gasteiger partial charge in [-0.1, -0.05) is 26.0 Å². The smallest absolute Gasteiger partial charge is 0.307 e. The molecule has 2 rings (SSSR count). The van der Waals surface area contributed by atoms with Crippen LogP contribution in [0.4, 0.5) is 0 Å². The first kappa shape index (κ1) is 11.2. The molecule has 1 aliphatic heterocycles. The molecule has 16 heavy (non-hydrogen) atoms. The number of carboxylic acids is 1. The molecule has 0 aromatic rings. The van der Waals surface area contributed by atoms with Gasteiger partial charge in [-0.05, 0) is 11.8 Å². The van der Waals surface area contributed by atoms with Crippen molar-refractivity contribution in [2.45, 2.75) is 20.3 Å². The molecule has 2 unspecified atom stereocenters. The summed E-state index contributed by atoms with van der Waals surface area (Å²) in [4.78, 5) is 24.9. The minimum absolute atomic E-state index is 0.00162. The summed E-state index contributed by atoms with van der Waals surface area (Å²) in [5.41, 5.74) is -0.385. The van der Waals surface area contributed by atoms with Crippen LogP contribution >= 0.6 is 0 Å². The third kappa shape index (κ3) is 1.62. The largest absolute Gasteiger partial charge is 0.481 e. The molecule has 1 saturated carbocycles. The zero-order chi connectivity index (χ0) is 11.9. The maximum atomic E-state index is 12.1. The summed E-state index contributed by atoms with van der Waals surface area (Å²) >= 11 is 0. The Morgan fingerprint density at radius 3 is 2.44 bits per heavy atom. The maximum absolute atomic E-state index is 12.1. The lowest BCUT2D eigenvalue weighted by Gasteiger charge is -2.24. The highest BCUT2D eigenvalue weighted by molar-refractivity contribution is 5.91. The summed E-state index contributed by atoms with van der Waals surface area (Å²) in [5, 5.41) is 9.02. The van der Waals surface area contributed by atoms with E-state index in [9.17, 15) is 9.59 Å². The third-order valence-electron chi connectivity index (χ3n) is 3.73. The van der Waals surface area contributed by atoms with E-state index in [2.05, 4.69) is 6.08 Å². The second kappa shape index (κ2) is 3.61. The SMILES string of the molecule is CC1(C)C(C(=O)O)C1C(=O)N1CC=CCC1. The summed E-state index contributed by atoms with van der Waals surface area (Å²) in [6, 6.07) is 0. The first-order valence-electron chi connectivity index (χ1n) is 5.63. The molecular formula is C12H17NO3. The summed E-state index contributed by atoms with van der Waals surface area (Å²) in [5.74, 6) is -1.69. The van der Waals surface area contributed by atoms with Crippen LogP contribution in [0.15, 0.2) is 12.2 Å². The highest BCUT2D eigenvalue weighted by atomic mass is 16.4. The Labute approximate surface area is 94.9 Å². The number of aliphatic carboxylic acids is 1. The highest BCUT2D eigenvalue weighted by Gasteiger charge is 2.66. The van der Waals surface area contributed by atoms with Gasteiger partial charge >= 0.3 is 5.97 Å². The molecule has 0 aromatic heterocycles. The summed E-state index contributed by atoms with van der Waals surface area (Å²) in [7, 11) is 0. The van der Waals surface area contributed by atoms with Crippen LogP contribution in [0, 0.1) is 17.3 Å². The summed E-state index contributed by atoms with van der Waals surface area (Å²) in [6.07, 6.45) is 4.89. The Hall–Kier alpha value is -1.32. The van der Waals surface area contributed by atoms with E-state index in [1.165, 1.54) is 0 Å². The Bertz CT molecular complexity index is 359. The molecule has 0 aromatic carbocycles. The van der Waals surface area contributed by atoms with Gasteiger partial charge in [-0.2, -0.15) is 0 Å². The molecule has 1 amide bonds. The van der Waals surface area contributed by atoms with E-state index in [-0.39, 0.29) is 17.2 Å². The molecule has 0 spiro atoms. The van der Waals surface area contributed by atoms with Gasteiger partial charge in [-0.25, -0.2) is 0 Å². The van der Waals surface area contributed by atoms with Gasteiger partial charge in [0.2, 0.25) is 5.91 Å².